The van der Waals surface area contributed by atoms with E-state index >= 15 is 0 Å². The number of carbonyl (C=O) groups excluding carboxylic acids is 2. The molecule has 2 atom stereocenters. The summed E-state index contributed by atoms with van der Waals surface area (Å²) in [6.45, 7) is 0. The fraction of sp³-hybridized carbons (Fsp3) is 0.176. The maximum Gasteiger partial charge on any atom is 0.337 e. The summed E-state index contributed by atoms with van der Waals surface area (Å²) < 4.78 is 4.56. The van der Waals surface area contributed by atoms with Crippen LogP contribution in [0.2, 0.25) is 0 Å². The lowest BCUT2D eigenvalue weighted by Crippen LogP contribution is -2.40. The number of hydrogen-bond acceptors (Lipinski definition) is 4. The summed E-state index contributed by atoms with van der Waals surface area (Å²) in [4.78, 5) is 23.9. The van der Waals surface area contributed by atoms with Crippen LogP contribution in [-0.2, 0) is 9.53 Å². The van der Waals surface area contributed by atoms with E-state index in [2.05, 4.69) is 10.1 Å². The first-order chi connectivity index (χ1) is 10.6. The Morgan fingerprint density at radius 3 is 2.09 bits per heavy atom. The summed E-state index contributed by atoms with van der Waals surface area (Å²) >= 11 is 0. The van der Waals surface area contributed by atoms with Gasteiger partial charge in [-0.1, -0.05) is 48.5 Å². The molecule has 2 rings (SSSR count). The van der Waals surface area contributed by atoms with Gasteiger partial charge in [-0.25, -0.2) is 4.79 Å². The Bertz CT molecular complexity index is 628. The predicted molar refractivity (Wildman–Crippen MR) is 81.1 cm³/mol. The molecule has 22 heavy (non-hydrogen) atoms. The predicted octanol–water partition coefficient (Wildman–Crippen LogP) is 1.69. The van der Waals surface area contributed by atoms with Crippen LogP contribution in [0.15, 0.2) is 60.7 Å². The molecule has 0 aliphatic rings. The Labute approximate surface area is 128 Å². The average Bonchev–Trinajstić information content (AvgIpc) is 2.59. The van der Waals surface area contributed by atoms with Crippen molar-refractivity contribution in [2.45, 2.75) is 12.1 Å². The van der Waals surface area contributed by atoms with Crippen molar-refractivity contribution in [3.05, 3.63) is 71.8 Å². The van der Waals surface area contributed by atoms with E-state index in [9.17, 15) is 14.7 Å². The van der Waals surface area contributed by atoms with Gasteiger partial charge in [0.2, 0.25) is 0 Å². The van der Waals surface area contributed by atoms with E-state index in [0.29, 0.717) is 11.1 Å². The molecule has 0 aliphatic carbocycles. The Balaban J connectivity index is 2.25. The summed E-state index contributed by atoms with van der Waals surface area (Å²) in [5.74, 6) is -1.18. The van der Waals surface area contributed by atoms with Gasteiger partial charge in [0.25, 0.3) is 5.91 Å². The van der Waals surface area contributed by atoms with Crippen LogP contribution in [0.1, 0.15) is 22.0 Å². The highest BCUT2D eigenvalue weighted by Gasteiger charge is 2.30. The summed E-state index contributed by atoms with van der Waals surface area (Å²) in [6.07, 6.45) is -1.49. The summed E-state index contributed by atoms with van der Waals surface area (Å²) in [5, 5.41) is 12.8. The molecular weight excluding hydrogens is 282 g/mol. The van der Waals surface area contributed by atoms with Crippen molar-refractivity contribution in [3.8, 4) is 0 Å². The molecule has 2 aromatic carbocycles. The van der Waals surface area contributed by atoms with E-state index in [0.717, 1.165) is 0 Å². The van der Waals surface area contributed by atoms with Crippen molar-refractivity contribution < 1.29 is 19.4 Å². The fourth-order valence-electron chi connectivity index (χ4n) is 2.08. The number of methoxy groups -OCH3 is 1. The molecule has 0 radical (unpaired) electrons. The molecule has 0 aliphatic heterocycles. The second kappa shape index (κ2) is 7.38. The smallest absolute Gasteiger partial charge is 0.337 e. The van der Waals surface area contributed by atoms with Gasteiger partial charge in [0.05, 0.1) is 13.2 Å². The van der Waals surface area contributed by atoms with Gasteiger partial charge in [-0.15, -0.1) is 0 Å². The molecule has 0 saturated heterocycles. The minimum Gasteiger partial charge on any atom is -0.467 e. The minimum atomic E-state index is -1.49. The first-order valence-corrected chi connectivity index (χ1v) is 6.80. The number of nitrogens with one attached hydrogen (secondary N) is 1. The van der Waals surface area contributed by atoms with Gasteiger partial charge in [0.1, 0.15) is 0 Å². The van der Waals surface area contributed by atoms with E-state index < -0.39 is 18.1 Å². The quantitative estimate of drug-likeness (QED) is 0.824. The highest BCUT2D eigenvalue weighted by molar-refractivity contribution is 5.94. The maximum atomic E-state index is 12.3. The second-order valence-electron chi connectivity index (χ2n) is 4.70. The standard InChI is InChI=1S/C17H17NO4/c1-22-17(21)15(19)14(12-8-4-2-5-9-12)18-16(20)13-10-6-3-7-11-13/h2-11,14-15,19H,1H3,(H,18,20)/t14-,15-/m0/s1. The number of aliphatic hydroxyl groups excluding tert-OH is 1. The monoisotopic (exact) mass is 299 g/mol. The van der Waals surface area contributed by atoms with Crippen LogP contribution in [0, 0.1) is 0 Å². The van der Waals surface area contributed by atoms with Crippen LogP contribution in [-0.4, -0.2) is 30.2 Å². The van der Waals surface area contributed by atoms with Gasteiger partial charge in [-0.2, -0.15) is 0 Å². The van der Waals surface area contributed by atoms with Crippen molar-refractivity contribution in [1.29, 1.82) is 0 Å². The van der Waals surface area contributed by atoms with Crippen molar-refractivity contribution in [3.63, 3.8) is 0 Å². The number of carbonyl (C=O) groups is 2. The first-order valence-electron chi connectivity index (χ1n) is 6.80. The molecule has 2 N–H and O–H groups in total. The number of rotatable bonds is 5. The molecule has 0 unspecified atom stereocenters. The molecule has 0 spiro atoms. The fourth-order valence-corrected chi connectivity index (χ4v) is 2.08. The minimum absolute atomic E-state index is 0.377. The van der Waals surface area contributed by atoms with E-state index in [1.807, 2.05) is 6.07 Å². The summed E-state index contributed by atoms with van der Waals surface area (Å²) in [5.41, 5.74) is 1.06. The van der Waals surface area contributed by atoms with Crippen LogP contribution in [0.25, 0.3) is 0 Å². The highest BCUT2D eigenvalue weighted by atomic mass is 16.5. The van der Waals surface area contributed by atoms with Crippen molar-refractivity contribution in [2.75, 3.05) is 7.11 Å². The van der Waals surface area contributed by atoms with Gasteiger partial charge in [-0.3, -0.25) is 4.79 Å². The summed E-state index contributed by atoms with van der Waals surface area (Å²) in [6, 6.07) is 16.5. The molecular formula is C17H17NO4. The highest BCUT2D eigenvalue weighted by Crippen LogP contribution is 2.18. The van der Waals surface area contributed by atoms with E-state index in [1.165, 1.54) is 7.11 Å². The third kappa shape index (κ3) is 3.71. The number of aliphatic hydroxyl groups is 1. The molecule has 0 bridgehead atoms. The zero-order valence-corrected chi connectivity index (χ0v) is 12.1. The van der Waals surface area contributed by atoms with Crippen molar-refractivity contribution in [2.24, 2.45) is 0 Å². The lowest BCUT2D eigenvalue weighted by molar-refractivity contribution is -0.151. The van der Waals surface area contributed by atoms with Gasteiger partial charge < -0.3 is 15.2 Å². The summed E-state index contributed by atoms with van der Waals surface area (Å²) in [7, 11) is 1.19. The zero-order valence-electron chi connectivity index (χ0n) is 12.1. The van der Waals surface area contributed by atoms with E-state index in [1.54, 1.807) is 54.6 Å². The SMILES string of the molecule is COC(=O)[C@@H](O)[C@@H](NC(=O)c1ccccc1)c1ccccc1. The first kappa shape index (κ1) is 15.7. The molecule has 0 saturated carbocycles. The van der Waals surface area contributed by atoms with Crippen molar-refractivity contribution in [1.82, 2.24) is 5.32 Å². The molecule has 5 nitrogen and oxygen atoms in total. The lowest BCUT2D eigenvalue weighted by atomic mass is 10.0. The van der Waals surface area contributed by atoms with Crippen LogP contribution in [0.3, 0.4) is 0 Å². The van der Waals surface area contributed by atoms with E-state index in [4.69, 9.17) is 0 Å². The largest absolute Gasteiger partial charge is 0.467 e. The Morgan fingerprint density at radius 1 is 1.00 bits per heavy atom. The molecule has 114 valence electrons. The number of esters is 1. The molecule has 5 heteroatoms. The molecule has 0 heterocycles. The van der Waals surface area contributed by atoms with Gasteiger partial charge >= 0.3 is 5.97 Å². The topological polar surface area (TPSA) is 75.6 Å². The van der Waals surface area contributed by atoms with E-state index in [-0.39, 0.29) is 5.91 Å². The van der Waals surface area contributed by atoms with Crippen LogP contribution >= 0.6 is 0 Å². The Morgan fingerprint density at radius 2 is 1.55 bits per heavy atom. The van der Waals surface area contributed by atoms with Crippen molar-refractivity contribution >= 4 is 11.9 Å². The molecule has 2 aromatic rings. The van der Waals surface area contributed by atoms with Crippen LogP contribution in [0.4, 0.5) is 0 Å². The Hall–Kier alpha value is -2.66. The maximum absolute atomic E-state index is 12.3. The third-order valence-electron chi connectivity index (χ3n) is 3.24. The molecule has 0 fully saturated rings. The molecule has 1 amide bonds. The number of ether oxygens (including phenoxy) is 1. The lowest BCUT2D eigenvalue weighted by Gasteiger charge is -2.23. The number of hydrogen-bond donors (Lipinski definition) is 2. The van der Waals surface area contributed by atoms with Crippen LogP contribution in [0.5, 0.6) is 0 Å². The number of benzene rings is 2. The average molecular weight is 299 g/mol. The Kier molecular flexibility index (Phi) is 5.27. The normalized spacial score (nSPS) is 13.0. The van der Waals surface area contributed by atoms with Gasteiger partial charge in [0, 0.05) is 5.56 Å². The van der Waals surface area contributed by atoms with Gasteiger partial charge in [0.15, 0.2) is 6.10 Å². The molecule has 0 aromatic heterocycles. The van der Waals surface area contributed by atoms with Crippen LogP contribution < -0.4 is 5.32 Å². The van der Waals surface area contributed by atoms with Gasteiger partial charge in [-0.05, 0) is 17.7 Å². The third-order valence-corrected chi connectivity index (χ3v) is 3.24. The number of amides is 1. The second-order valence-corrected chi connectivity index (χ2v) is 4.70. The zero-order chi connectivity index (χ0) is 15.9.